The number of aryl methyl sites for hydroxylation is 2. The van der Waals surface area contributed by atoms with E-state index in [0.717, 1.165) is 31.0 Å². The van der Waals surface area contributed by atoms with Gasteiger partial charge in [0.05, 0.1) is 0 Å². The van der Waals surface area contributed by atoms with Crippen molar-refractivity contribution in [3.63, 3.8) is 0 Å². The highest BCUT2D eigenvalue weighted by atomic mass is 15.2. The smallest absolute Gasteiger partial charge is 0.137 e. The summed E-state index contributed by atoms with van der Waals surface area (Å²) in [4.78, 5) is 8.33. The Labute approximate surface area is 94.3 Å². The van der Waals surface area contributed by atoms with Crippen LogP contribution in [0.5, 0.6) is 0 Å². The van der Waals surface area contributed by atoms with E-state index in [2.05, 4.69) is 25.5 Å². The molecule has 0 fully saturated rings. The minimum atomic E-state index is 0.887. The molecule has 0 spiro atoms. The Morgan fingerprint density at radius 1 is 1.38 bits per heavy atom. The van der Waals surface area contributed by atoms with E-state index in [1.165, 1.54) is 11.9 Å². The number of hydrogen-bond donors (Lipinski definition) is 2. The largest absolute Gasteiger partial charge is 0.370 e. The van der Waals surface area contributed by atoms with Gasteiger partial charge in [0.1, 0.15) is 18.0 Å². The fraction of sp³-hybridized carbons (Fsp3) is 0.364. The normalized spacial score (nSPS) is 10.3. The van der Waals surface area contributed by atoms with Crippen LogP contribution in [-0.4, -0.2) is 26.7 Å². The van der Waals surface area contributed by atoms with Crippen molar-refractivity contribution in [2.24, 2.45) is 0 Å². The summed E-state index contributed by atoms with van der Waals surface area (Å²) in [6, 6.07) is 3.99. The first kappa shape index (κ1) is 10.6. The summed E-state index contributed by atoms with van der Waals surface area (Å²) in [7, 11) is 0. The van der Waals surface area contributed by atoms with Gasteiger partial charge in [-0.3, -0.25) is 5.10 Å². The van der Waals surface area contributed by atoms with Crippen molar-refractivity contribution in [1.82, 2.24) is 20.2 Å². The van der Waals surface area contributed by atoms with Crippen molar-refractivity contribution in [1.29, 1.82) is 0 Å². The van der Waals surface area contributed by atoms with E-state index < -0.39 is 0 Å². The molecule has 2 rings (SSSR count). The number of anilines is 1. The van der Waals surface area contributed by atoms with Crippen molar-refractivity contribution in [2.75, 3.05) is 11.9 Å². The lowest BCUT2D eigenvalue weighted by atomic mass is 10.2. The molecule has 0 radical (unpaired) electrons. The second-order valence-electron chi connectivity index (χ2n) is 3.63. The number of aromatic amines is 1. The van der Waals surface area contributed by atoms with Gasteiger partial charge in [0.15, 0.2) is 0 Å². The maximum absolute atomic E-state index is 4.27. The zero-order chi connectivity index (χ0) is 11.2. The van der Waals surface area contributed by atoms with E-state index in [0.29, 0.717) is 0 Å². The van der Waals surface area contributed by atoms with Gasteiger partial charge in [0, 0.05) is 19.2 Å². The fourth-order valence-electron chi connectivity index (χ4n) is 1.48. The third-order valence-electron chi connectivity index (χ3n) is 2.36. The molecule has 0 saturated heterocycles. The molecule has 0 saturated carbocycles. The highest BCUT2D eigenvalue weighted by Gasteiger charge is 1.98. The van der Waals surface area contributed by atoms with Gasteiger partial charge in [-0.25, -0.2) is 9.97 Å². The first-order valence-electron chi connectivity index (χ1n) is 5.36. The van der Waals surface area contributed by atoms with Crippen molar-refractivity contribution in [3.8, 4) is 0 Å². The molecule has 2 heterocycles. The summed E-state index contributed by atoms with van der Waals surface area (Å²) in [5.41, 5.74) is 1.17. The van der Waals surface area contributed by atoms with E-state index in [1.807, 2.05) is 19.1 Å². The monoisotopic (exact) mass is 217 g/mol. The molecule has 5 heteroatoms. The summed E-state index contributed by atoms with van der Waals surface area (Å²) in [6.07, 6.45) is 5.24. The van der Waals surface area contributed by atoms with E-state index in [9.17, 15) is 0 Å². The third-order valence-corrected chi connectivity index (χ3v) is 2.36. The van der Waals surface area contributed by atoms with E-state index in [1.54, 1.807) is 6.20 Å². The molecule has 0 amide bonds. The standard InChI is InChI=1S/C11H15N5/c1-9-4-2-6-12-11(9)13-7-3-5-10-14-8-15-16-10/h2,4,6,8H,3,5,7H2,1H3,(H,12,13)(H,14,15,16). The second kappa shape index (κ2) is 5.25. The van der Waals surface area contributed by atoms with Gasteiger partial charge in [0.2, 0.25) is 0 Å². The Kier molecular flexibility index (Phi) is 3.48. The van der Waals surface area contributed by atoms with Crippen LogP contribution in [0.3, 0.4) is 0 Å². The Balaban J connectivity index is 1.74. The fourth-order valence-corrected chi connectivity index (χ4v) is 1.48. The summed E-state index contributed by atoms with van der Waals surface area (Å²) in [5.74, 6) is 1.89. The number of rotatable bonds is 5. The molecule has 5 nitrogen and oxygen atoms in total. The van der Waals surface area contributed by atoms with Crippen LogP contribution in [0, 0.1) is 6.92 Å². The third kappa shape index (κ3) is 2.79. The summed E-state index contributed by atoms with van der Waals surface area (Å²) < 4.78 is 0. The van der Waals surface area contributed by atoms with Crippen LogP contribution < -0.4 is 5.32 Å². The predicted molar refractivity (Wildman–Crippen MR) is 62.2 cm³/mol. The topological polar surface area (TPSA) is 66.5 Å². The van der Waals surface area contributed by atoms with Crippen LogP contribution >= 0.6 is 0 Å². The highest BCUT2D eigenvalue weighted by Crippen LogP contribution is 2.08. The quantitative estimate of drug-likeness (QED) is 0.746. The Morgan fingerprint density at radius 3 is 3.06 bits per heavy atom. The van der Waals surface area contributed by atoms with E-state index >= 15 is 0 Å². The number of nitrogens with one attached hydrogen (secondary N) is 2. The molecule has 16 heavy (non-hydrogen) atoms. The maximum Gasteiger partial charge on any atom is 0.137 e. The molecular weight excluding hydrogens is 202 g/mol. The molecule has 0 aliphatic heterocycles. The van der Waals surface area contributed by atoms with Crippen molar-refractivity contribution in [2.45, 2.75) is 19.8 Å². The Morgan fingerprint density at radius 2 is 2.31 bits per heavy atom. The number of H-pyrrole nitrogens is 1. The van der Waals surface area contributed by atoms with Gasteiger partial charge in [-0.15, -0.1) is 0 Å². The number of pyridine rings is 1. The lowest BCUT2D eigenvalue weighted by Crippen LogP contribution is -2.06. The molecule has 0 unspecified atom stereocenters. The SMILES string of the molecule is Cc1cccnc1NCCCc1ncn[nH]1. The van der Waals surface area contributed by atoms with Crippen LogP contribution in [-0.2, 0) is 6.42 Å². The summed E-state index contributed by atoms with van der Waals surface area (Å²) in [5, 5.41) is 9.95. The molecule has 2 N–H and O–H groups in total. The zero-order valence-corrected chi connectivity index (χ0v) is 9.27. The Bertz CT molecular complexity index is 424. The molecule has 2 aromatic heterocycles. The molecule has 0 atom stereocenters. The number of aromatic nitrogens is 4. The first-order chi connectivity index (χ1) is 7.86. The van der Waals surface area contributed by atoms with E-state index in [4.69, 9.17) is 0 Å². The van der Waals surface area contributed by atoms with Crippen molar-refractivity contribution >= 4 is 5.82 Å². The molecule has 0 aromatic carbocycles. The second-order valence-corrected chi connectivity index (χ2v) is 3.63. The lowest BCUT2D eigenvalue weighted by molar-refractivity contribution is 0.803. The minimum absolute atomic E-state index is 0.887. The van der Waals surface area contributed by atoms with Gasteiger partial charge in [-0.05, 0) is 25.0 Å². The summed E-state index contributed by atoms with van der Waals surface area (Å²) >= 11 is 0. The molecule has 0 aliphatic rings. The van der Waals surface area contributed by atoms with Crippen LogP contribution in [0.1, 0.15) is 17.8 Å². The van der Waals surface area contributed by atoms with Crippen LogP contribution in [0.15, 0.2) is 24.7 Å². The molecule has 0 bridgehead atoms. The van der Waals surface area contributed by atoms with Crippen LogP contribution in [0.2, 0.25) is 0 Å². The summed E-state index contributed by atoms with van der Waals surface area (Å²) in [6.45, 7) is 2.93. The number of nitrogens with zero attached hydrogens (tertiary/aromatic N) is 3. The number of hydrogen-bond acceptors (Lipinski definition) is 4. The zero-order valence-electron chi connectivity index (χ0n) is 9.27. The highest BCUT2D eigenvalue weighted by molar-refractivity contribution is 5.42. The average Bonchev–Trinajstić information content (AvgIpc) is 2.79. The average molecular weight is 217 g/mol. The van der Waals surface area contributed by atoms with Gasteiger partial charge < -0.3 is 5.32 Å². The van der Waals surface area contributed by atoms with Gasteiger partial charge in [-0.2, -0.15) is 5.10 Å². The van der Waals surface area contributed by atoms with Gasteiger partial charge in [0.25, 0.3) is 0 Å². The molecule has 84 valence electrons. The van der Waals surface area contributed by atoms with Gasteiger partial charge >= 0.3 is 0 Å². The first-order valence-corrected chi connectivity index (χ1v) is 5.36. The maximum atomic E-state index is 4.27. The van der Waals surface area contributed by atoms with Crippen LogP contribution in [0.25, 0.3) is 0 Å². The Hall–Kier alpha value is -1.91. The van der Waals surface area contributed by atoms with Crippen LogP contribution in [0.4, 0.5) is 5.82 Å². The van der Waals surface area contributed by atoms with E-state index in [-0.39, 0.29) is 0 Å². The molecule has 2 aromatic rings. The van der Waals surface area contributed by atoms with Crippen molar-refractivity contribution in [3.05, 3.63) is 36.0 Å². The lowest BCUT2D eigenvalue weighted by Gasteiger charge is -2.06. The van der Waals surface area contributed by atoms with Gasteiger partial charge in [-0.1, -0.05) is 6.07 Å². The van der Waals surface area contributed by atoms with Crippen molar-refractivity contribution < 1.29 is 0 Å². The molecule has 0 aliphatic carbocycles. The predicted octanol–water partition coefficient (Wildman–Crippen LogP) is 1.55. The molecular formula is C11H15N5. The minimum Gasteiger partial charge on any atom is -0.370 e.